The third-order valence-electron chi connectivity index (χ3n) is 7.56. The summed E-state index contributed by atoms with van der Waals surface area (Å²) in [5.74, 6) is -1.21. The van der Waals surface area contributed by atoms with Crippen LogP contribution < -0.4 is 5.32 Å². The van der Waals surface area contributed by atoms with E-state index < -0.39 is 23.5 Å². The normalized spacial score (nSPS) is 36.0. The van der Waals surface area contributed by atoms with Gasteiger partial charge in [-0.05, 0) is 44.3 Å². The summed E-state index contributed by atoms with van der Waals surface area (Å²) in [4.78, 5) is 30.6. The van der Waals surface area contributed by atoms with Crippen molar-refractivity contribution in [3.8, 4) is 0 Å². The number of carbonyl (C=O) groups excluding carboxylic acids is 2. The second kappa shape index (κ2) is 11.0. The van der Waals surface area contributed by atoms with Gasteiger partial charge in [-0.25, -0.2) is 4.98 Å². The van der Waals surface area contributed by atoms with Crippen LogP contribution in [0.15, 0.2) is 11.0 Å². The first-order valence-corrected chi connectivity index (χ1v) is 13.2. The third kappa shape index (κ3) is 6.53. The summed E-state index contributed by atoms with van der Waals surface area (Å²) in [5.41, 5.74) is 0.685. The number of ether oxygens (including phenoxy) is 1. The molecule has 0 aromatic carbocycles. The molecular weight excluding hydrogens is 452 g/mol. The lowest BCUT2D eigenvalue weighted by atomic mass is 9.73. The number of nitrogens with zero attached hydrogens (tertiary/aromatic N) is 1. The van der Waals surface area contributed by atoms with Crippen molar-refractivity contribution < 1.29 is 24.5 Å². The van der Waals surface area contributed by atoms with E-state index in [9.17, 15) is 19.8 Å². The molecule has 0 radical (unpaired) electrons. The van der Waals surface area contributed by atoms with Gasteiger partial charge >= 0.3 is 0 Å². The molecule has 7 nitrogen and oxygen atoms in total. The molecule has 190 valence electrons. The van der Waals surface area contributed by atoms with Gasteiger partial charge in [0, 0.05) is 17.7 Å². The fourth-order valence-corrected chi connectivity index (χ4v) is 5.48. The smallest absolute Gasteiger partial charge is 0.223 e. The summed E-state index contributed by atoms with van der Waals surface area (Å²) in [7, 11) is 0. The highest BCUT2D eigenvalue weighted by Gasteiger charge is 2.44. The number of hydrogen-bond donors (Lipinski definition) is 3. The highest BCUT2D eigenvalue weighted by atomic mass is 32.1. The van der Waals surface area contributed by atoms with E-state index in [1.807, 2.05) is 32.2 Å². The van der Waals surface area contributed by atoms with Crippen LogP contribution in [-0.2, 0) is 14.3 Å². The fraction of sp³-hybridized carbons (Fsp3) is 0.731. The summed E-state index contributed by atoms with van der Waals surface area (Å²) in [5, 5.41) is 27.7. The van der Waals surface area contributed by atoms with Gasteiger partial charge in [-0.3, -0.25) is 9.59 Å². The number of aliphatic hydroxyl groups is 2. The fourth-order valence-electron chi connectivity index (χ4n) is 4.91. The summed E-state index contributed by atoms with van der Waals surface area (Å²) < 4.78 is 5.91. The minimum absolute atomic E-state index is 0.0419. The molecule has 2 fully saturated rings. The molecule has 3 rings (SSSR count). The van der Waals surface area contributed by atoms with Crippen LogP contribution >= 0.6 is 11.3 Å². The van der Waals surface area contributed by atoms with Crippen LogP contribution in [0.5, 0.6) is 0 Å². The molecule has 1 aromatic heterocycles. The van der Waals surface area contributed by atoms with E-state index >= 15 is 0 Å². The van der Waals surface area contributed by atoms with Gasteiger partial charge in [0.25, 0.3) is 0 Å². The molecule has 3 heterocycles. The molecule has 2 aliphatic rings. The summed E-state index contributed by atoms with van der Waals surface area (Å²) >= 11 is 1.58. The van der Waals surface area contributed by atoms with Crippen molar-refractivity contribution in [3.05, 3.63) is 21.7 Å². The number of Topliss-reactive ketones (excluding diaryl/α,β-unsaturated/α-hetero) is 1. The van der Waals surface area contributed by atoms with E-state index in [4.69, 9.17) is 4.74 Å². The molecule has 8 heteroatoms. The predicted octanol–water partition coefficient (Wildman–Crippen LogP) is 3.66. The number of thiazole rings is 1. The number of hydrogen-bond acceptors (Lipinski definition) is 7. The highest BCUT2D eigenvalue weighted by Crippen LogP contribution is 2.35. The number of aryl methyl sites for hydroxylation is 1. The Balaban J connectivity index is 1.81. The monoisotopic (exact) mass is 492 g/mol. The van der Waals surface area contributed by atoms with Gasteiger partial charge < -0.3 is 20.3 Å². The number of amides is 1. The Bertz CT molecular complexity index is 911. The molecule has 2 aliphatic heterocycles. The summed E-state index contributed by atoms with van der Waals surface area (Å²) in [6.07, 6.45) is 3.31. The number of rotatable bonds is 2. The van der Waals surface area contributed by atoms with Gasteiger partial charge in [0.2, 0.25) is 5.91 Å². The van der Waals surface area contributed by atoms with E-state index in [1.165, 1.54) is 0 Å². The summed E-state index contributed by atoms with van der Waals surface area (Å²) in [6, 6.07) is -0.247. The lowest BCUT2D eigenvalue weighted by molar-refractivity contribution is -0.143. The zero-order valence-electron chi connectivity index (χ0n) is 21.2. The molecule has 0 saturated carbocycles. The Labute approximate surface area is 207 Å². The van der Waals surface area contributed by atoms with E-state index in [1.54, 1.807) is 32.1 Å². The van der Waals surface area contributed by atoms with Crippen molar-refractivity contribution in [2.24, 2.45) is 17.3 Å². The zero-order valence-corrected chi connectivity index (χ0v) is 22.0. The highest BCUT2D eigenvalue weighted by molar-refractivity contribution is 7.09. The van der Waals surface area contributed by atoms with Gasteiger partial charge in [-0.15, -0.1) is 11.3 Å². The molecule has 1 unspecified atom stereocenters. The van der Waals surface area contributed by atoms with Crippen LogP contribution in [-0.4, -0.2) is 57.3 Å². The number of aliphatic hydroxyl groups excluding tert-OH is 2. The Morgan fingerprint density at radius 1 is 1.24 bits per heavy atom. The third-order valence-corrected chi connectivity index (χ3v) is 8.35. The molecule has 7 atom stereocenters. The van der Waals surface area contributed by atoms with E-state index in [0.29, 0.717) is 6.42 Å². The first-order chi connectivity index (χ1) is 15.9. The van der Waals surface area contributed by atoms with Crippen molar-refractivity contribution >= 4 is 29.1 Å². The van der Waals surface area contributed by atoms with Crippen LogP contribution in [0.25, 0.3) is 6.08 Å². The van der Waals surface area contributed by atoms with Crippen LogP contribution in [0.1, 0.15) is 77.4 Å². The average Bonchev–Trinajstić information content (AvgIpc) is 3.38. The summed E-state index contributed by atoms with van der Waals surface area (Å²) in [6.45, 7) is 10.9. The second-order valence-electron chi connectivity index (χ2n) is 10.7. The van der Waals surface area contributed by atoms with Crippen molar-refractivity contribution in [1.29, 1.82) is 0 Å². The predicted molar refractivity (Wildman–Crippen MR) is 133 cm³/mol. The number of epoxide rings is 1. The Kier molecular flexibility index (Phi) is 8.71. The first-order valence-electron chi connectivity index (χ1n) is 12.4. The lowest BCUT2D eigenvalue weighted by Gasteiger charge is -2.34. The minimum atomic E-state index is -1.16. The molecule has 1 amide bonds. The number of carbonyl (C=O) groups is 2. The van der Waals surface area contributed by atoms with Crippen molar-refractivity contribution in [3.63, 3.8) is 0 Å². The van der Waals surface area contributed by atoms with Crippen LogP contribution in [0.2, 0.25) is 0 Å². The topological polar surface area (TPSA) is 112 Å². The molecule has 3 N–H and O–H groups in total. The van der Waals surface area contributed by atoms with Crippen LogP contribution in [0.4, 0.5) is 0 Å². The van der Waals surface area contributed by atoms with E-state index in [0.717, 1.165) is 35.5 Å². The number of fused-ring (bicyclic) bond motifs is 1. The van der Waals surface area contributed by atoms with Crippen molar-refractivity contribution in [2.45, 2.75) is 104 Å². The number of ketones is 1. The molecule has 34 heavy (non-hydrogen) atoms. The maximum absolute atomic E-state index is 13.2. The molecule has 1 aromatic rings. The molecule has 0 aliphatic carbocycles. The molecule has 0 spiro atoms. The van der Waals surface area contributed by atoms with Crippen LogP contribution in [0, 0.1) is 24.2 Å². The van der Waals surface area contributed by atoms with Gasteiger partial charge in [0.05, 0.1) is 53.0 Å². The zero-order chi connectivity index (χ0) is 25.2. The standard InChI is InChI=1S/C26H40N2O5S/c1-14-8-7-9-20-21(33-20)11-19(15(2)10-18-13-34-17(4)27-18)28-23(30)12-22(29)26(5,6)25(32)16(3)24(14)31/h10,13-14,16,19-22,24,29,31H,7-9,11-12H2,1-6H3,(H,28,30)/b15-10+/t14-,16+,19-,20+,21-,22-,24?/m0/s1. The first kappa shape index (κ1) is 27.0. The van der Waals surface area contributed by atoms with Crippen LogP contribution in [0.3, 0.4) is 0 Å². The molecular formula is C26H40N2O5S. The average molecular weight is 493 g/mol. The Morgan fingerprint density at radius 3 is 2.59 bits per heavy atom. The lowest BCUT2D eigenvalue weighted by Crippen LogP contribution is -2.47. The Hall–Kier alpha value is -1.61. The van der Waals surface area contributed by atoms with Crippen molar-refractivity contribution in [2.75, 3.05) is 0 Å². The van der Waals surface area contributed by atoms with Gasteiger partial charge in [0.1, 0.15) is 5.78 Å². The van der Waals surface area contributed by atoms with Crippen molar-refractivity contribution in [1.82, 2.24) is 10.3 Å². The van der Waals surface area contributed by atoms with Gasteiger partial charge in [-0.2, -0.15) is 0 Å². The quantitative estimate of drug-likeness (QED) is 0.543. The van der Waals surface area contributed by atoms with E-state index in [2.05, 4.69) is 10.3 Å². The van der Waals surface area contributed by atoms with E-state index in [-0.39, 0.29) is 42.3 Å². The maximum atomic E-state index is 13.2. The second-order valence-corrected chi connectivity index (χ2v) is 11.8. The maximum Gasteiger partial charge on any atom is 0.223 e. The minimum Gasteiger partial charge on any atom is -0.392 e. The number of nitrogens with one attached hydrogen (secondary N) is 1. The largest absolute Gasteiger partial charge is 0.392 e. The molecule has 2 saturated heterocycles. The molecule has 0 bridgehead atoms. The van der Waals surface area contributed by atoms with Gasteiger partial charge in [0.15, 0.2) is 0 Å². The van der Waals surface area contributed by atoms with Gasteiger partial charge in [-0.1, -0.05) is 34.1 Å². The number of aromatic nitrogens is 1. The Morgan fingerprint density at radius 2 is 1.94 bits per heavy atom. The SMILES string of the molecule is C/C(=C\c1csc(C)n1)[C@@H]1C[C@@H]2O[C@@H]2CCC[C@H](C)C(O)[C@@H](C)C(=O)C(C)(C)[C@@H](O)CC(=O)N1.